The number of anilines is 1. The van der Waals surface area contributed by atoms with Gasteiger partial charge in [0.15, 0.2) is 5.76 Å². The molecule has 3 aromatic rings. The third kappa shape index (κ3) is 2.21. The van der Waals surface area contributed by atoms with Crippen molar-refractivity contribution in [1.29, 1.82) is 0 Å². The maximum atomic E-state index is 12.1. The van der Waals surface area contributed by atoms with E-state index in [9.17, 15) is 4.79 Å². The Morgan fingerprint density at radius 2 is 2.32 bits per heavy atom. The molecule has 1 N–H and O–H groups in total. The molecule has 1 aliphatic heterocycles. The van der Waals surface area contributed by atoms with Crippen molar-refractivity contribution in [3.63, 3.8) is 0 Å². The zero-order chi connectivity index (χ0) is 14.9. The summed E-state index contributed by atoms with van der Waals surface area (Å²) in [6, 6.07) is 9.29. The van der Waals surface area contributed by atoms with E-state index in [2.05, 4.69) is 20.9 Å². The van der Waals surface area contributed by atoms with E-state index in [1.165, 1.54) is 6.26 Å². The summed E-state index contributed by atoms with van der Waals surface area (Å²) in [5, 5.41) is 3.12. The fourth-order valence-corrected chi connectivity index (χ4v) is 3.88. The van der Waals surface area contributed by atoms with Crippen LogP contribution in [-0.2, 0) is 5.75 Å². The van der Waals surface area contributed by atoms with Crippen LogP contribution in [0.5, 0.6) is 0 Å². The van der Waals surface area contributed by atoms with Crippen molar-refractivity contribution in [3.05, 3.63) is 72.2 Å². The Labute approximate surface area is 131 Å². The van der Waals surface area contributed by atoms with E-state index in [-0.39, 0.29) is 11.3 Å². The molecule has 22 heavy (non-hydrogen) atoms. The molecular formula is C16H13N3O2S. The van der Waals surface area contributed by atoms with Crippen LogP contribution >= 0.6 is 11.8 Å². The summed E-state index contributed by atoms with van der Waals surface area (Å²) >= 11 is 1.82. The molecular weight excluding hydrogens is 298 g/mol. The molecule has 110 valence electrons. The van der Waals surface area contributed by atoms with E-state index in [4.69, 9.17) is 4.42 Å². The summed E-state index contributed by atoms with van der Waals surface area (Å²) in [6.45, 7) is 0. The highest BCUT2D eigenvalue weighted by Gasteiger charge is 2.27. The van der Waals surface area contributed by atoms with E-state index >= 15 is 0 Å². The maximum Gasteiger partial charge on any atom is 0.291 e. The SMILES string of the molecule is O=C(Nc1ccn2c1CSC2c1cccnc1)c1ccco1. The number of carbonyl (C=O) groups is 1. The summed E-state index contributed by atoms with van der Waals surface area (Å²) in [7, 11) is 0. The minimum atomic E-state index is -0.228. The molecule has 5 nitrogen and oxygen atoms in total. The number of aromatic nitrogens is 2. The van der Waals surface area contributed by atoms with E-state index in [0.29, 0.717) is 5.76 Å². The summed E-state index contributed by atoms with van der Waals surface area (Å²) in [5.41, 5.74) is 3.10. The van der Waals surface area contributed by atoms with Crippen molar-refractivity contribution in [3.8, 4) is 0 Å². The Kier molecular flexibility index (Phi) is 3.23. The molecule has 1 aliphatic rings. The Hall–Kier alpha value is -2.47. The Morgan fingerprint density at radius 3 is 3.09 bits per heavy atom. The van der Waals surface area contributed by atoms with Crippen LogP contribution in [0.1, 0.15) is 27.2 Å². The number of thioether (sulfide) groups is 1. The predicted octanol–water partition coefficient (Wildman–Crippen LogP) is 3.52. The molecule has 1 amide bonds. The second-order valence-corrected chi connectivity index (χ2v) is 6.03. The Morgan fingerprint density at radius 1 is 1.36 bits per heavy atom. The molecule has 0 spiro atoms. The average molecular weight is 311 g/mol. The van der Waals surface area contributed by atoms with Gasteiger partial charge < -0.3 is 14.3 Å². The second-order valence-electron chi connectivity index (χ2n) is 4.96. The van der Waals surface area contributed by atoms with Crippen LogP contribution in [0.3, 0.4) is 0 Å². The molecule has 0 aromatic carbocycles. The molecule has 0 saturated carbocycles. The lowest BCUT2D eigenvalue weighted by Crippen LogP contribution is -2.11. The largest absolute Gasteiger partial charge is 0.459 e. The first-order valence-electron chi connectivity index (χ1n) is 6.89. The standard InChI is InChI=1S/C16H13N3O2S/c20-15(14-4-2-8-21-14)18-12-5-7-19-13(12)10-22-16(19)11-3-1-6-17-9-11/h1-9,16H,10H2,(H,18,20). The van der Waals surface area contributed by atoms with E-state index in [1.807, 2.05) is 36.3 Å². The Balaban J connectivity index is 1.60. The van der Waals surface area contributed by atoms with Crippen LogP contribution in [0.25, 0.3) is 0 Å². The third-order valence-corrected chi connectivity index (χ3v) is 4.87. The number of carbonyl (C=O) groups excluding carboxylic acids is 1. The van der Waals surface area contributed by atoms with E-state index < -0.39 is 0 Å². The molecule has 4 heterocycles. The quantitative estimate of drug-likeness (QED) is 0.804. The zero-order valence-electron chi connectivity index (χ0n) is 11.6. The van der Waals surface area contributed by atoms with Gasteiger partial charge in [-0.2, -0.15) is 0 Å². The molecule has 0 saturated heterocycles. The summed E-state index contributed by atoms with van der Waals surface area (Å²) in [6.07, 6.45) is 7.15. The maximum absolute atomic E-state index is 12.1. The van der Waals surface area contributed by atoms with Crippen molar-refractivity contribution in [2.24, 2.45) is 0 Å². The lowest BCUT2D eigenvalue weighted by atomic mass is 10.3. The predicted molar refractivity (Wildman–Crippen MR) is 84.8 cm³/mol. The van der Waals surface area contributed by atoms with Gasteiger partial charge in [0.2, 0.25) is 0 Å². The normalized spacial score (nSPS) is 16.5. The minimum Gasteiger partial charge on any atom is -0.459 e. The molecule has 3 aromatic heterocycles. The molecule has 0 bridgehead atoms. The number of pyridine rings is 1. The fourth-order valence-electron chi connectivity index (χ4n) is 2.57. The van der Waals surface area contributed by atoms with Gasteiger partial charge in [-0.05, 0) is 24.3 Å². The number of amides is 1. The summed E-state index contributed by atoms with van der Waals surface area (Å²) < 4.78 is 7.30. The van der Waals surface area contributed by atoms with Crippen molar-refractivity contribution in [2.45, 2.75) is 11.1 Å². The smallest absolute Gasteiger partial charge is 0.291 e. The lowest BCUT2D eigenvalue weighted by molar-refractivity contribution is 0.0996. The van der Waals surface area contributed by atoms with Gasteiger partial charge >= 0.3 is 0 Å². The number of rotatable bonds is 3. The minimum absolute atomic E-state index is 0.206. The van der Waals surface area contributed by atoms with Gasteiger partial charge in [0, 0.05) is 29.9 Å². The van der Waals surface area contributed by atoms with Gasteiger partial charge in [-0.25, -0.2) is 0 Å². The number of hydrogen-bond donors (Lipinski definition) is 1. The van der Waals surface area contributed by atoms with Gasteiger partial charge in [0.05, 0.1) is 17.6 Å². The molecule has 1 atom stereocenters. The van der Waals surface area contributed by atoms with E-state index in [0.717, 1.165) is 22.7 Å². The van der Waals surface area contributed by atoms with Crippen LogP contribution in [-0.4, -0.2) is 15.5 Å². The van der Waals surface area contributed by atoms with Crippen molar-refractivity contribution in [2.75, 3.05) is 5.32 Å². The highest BCUT2D eigenvalue weighted by Crippen LogP contribution is 2.43. The fraction of sp³-hybridized carbons (Fsp3) is 0.125. The average Bonchev–Trinajstić information content (AvgIpc) is 3.27. The first-order valence-corrected chi connectivity index (χ1v) is 7.94. The number of nitrogens with zero attached hydrogens (tertiary/aromatic N) is 2. The molecule has 4 rings (SSSR count). The second kappa shape index (κ2) is 5.38. The number of nitrogens with one attached hydrogen (secondary N) is 1. The highest BCUT2D eigenvalue weighted by molar-refractivity contribution is 7.99. The Bertz CT molecular complexity index is 796. The number of fused-ring (bicyclic) bond motifs is 1. The number of hydrogen-bond acceptors (Lipinski definition) is 4. The first-order chi connectivity index (χ1) is 10.8. The first kappa shape index (κ1) is 13.2. The van der Waals surface area contributed by atoms with Crippen LogP contribution in [0, 0.1) is 0 Å². The van der Waals surface area contributed by atoms with E-state index in [1.54, 1.807) is 18.3 Å². The lowest BCUT2D eigenvalue weighted by Gasteiger charge is -2.11. The topological polar surface area (TPSA) is 60.1 Å². The van der Waals surface area contributed by atoms with Gasteiger partial charge in [0.25, 0.3) is 5.91 Å². The summed E-state index contributed by atoms with van der Waals surface area (Å²) in [4.78, 5) is 16.3. The monoisotopic (exact) mass is 311 g/mol. The van der Waals surface area contributed by atoms with Crippen LogP contribution in [0.2, 0.25) is 0 Å². The van der Waals surface area contributed by atoms with Crippen LogP contribution < -0.4 is 5.32 Å². The molecule has 0 fully saturated rings. The molecule has 1 unspecified atom stereocenters. The number of furan rings is 1. The van der Waals surface area contributed by atoms with Crippen LogP contribution in [0.15, 0.2) is 59.6 Å². The van der Waals surface area contributed by atoms with Gasteiger partial charge in [0.1, 0.15) is 5.37 Å². The van der Waals surface area contributed by atoms with Crippen molar-refractivity contribution < 1.29 is 9.21 Å². The highest BCUT2D eigenvalue weighted by atomic mass is 32.2. The molecule has 0 radical (unpaired) electrons. The van der Waals surface area contributed by atoms with Crippen molar-refractivity contribution in [1.82, 2.24) is 9.55 Å². The zero-order valence-corrected chi connectivity index (χ0v) is 12.4. The van der Waals surface area contributed by atoms with Crippen molar-refractivity contribution >= 4 is 23.4 Å². The van der Waals surface area contributed by atoms with Gasteiger partial charge in [-0.15, -0.1) is 11.8 Å². The third-order valence-electron chi connectivity index (χ3n) is 3.62. The van der Waals surface area contributed by atoms with Gasteiger partial charge in [-0.3, -0.25) is 9.78 Å². The van der Waals surface area contributed by atoms with Crippen LogP contribution in [0.4, 0.5) is 5.69 Å². The summed E-state index contributed by atoms with van der Waals surface area (Å²) in [5.74, 6) is 0.934. The van der Waals surface area contributed by atoms with Gasteiger partial charge in [-0.1, -0.05) is 6.07 Å². The molecule has 6 heteroatoms. The molecule has 0 aliphatic carbocycles.